The Morgan fingerprint density at radius 2 is 1.93 bits per heavy atom. The average molecular weight is 416 g/mol. The van der Waals surface area contributed by atoms with Crippen molar-refractivity contribution >= 4 is 28.3 Å². The van der Waals surface area contributed by atoms with Gasteiger partial charge in [0.05, 0.1) is 23.9 Å². The summed E-state index contributed by atoms with van der Waals surface area (Å²) in [6.07, 6.45) is 2.83. The summed E-state index contributed by atoms with van der Waals surface area (Å²) in [4.78, 5) is 31.3. The number of hydrogen-bond acceptors (Lipinski definition) is 7. The highest BCUT2D eigenvalue weighted by Gasteiger charge is 2.24. The number of esters is 1. The number of hydrogen-bond donors (Lipinski definition) is 0. The second-order valence-corrected chi connectivity index (χ2v) is 7.29. The largest absolute Gasteiger partial charge is 0.484 e. The predicted octanol–water partition coefficient (Wildman–Crippen LogP) is 4.10. The van der Waals surface area contributed by atoms with Gasteiger partial charge in [0.2, 0.25) is 0 Å². The second kappa shape index (κ2) is 11.2. The Bertz CT molecular complexity index is 871. The third-order valence-corrected chi connectivity index (χ3v) is 5.27. The number of unbranched alkanes of at least 4 members (excludes halogenated alkanes) is 2. The molecule has 0 saturated carbocycles. The Kier molecular flexibility index (Phi) is 8.62. The number of nitrogens with zero attached hydrogens (tertiary/aromatic N) is 3. The summed E-state index contributed by atoms with van der Waals surface area (Å²) in [7, 11) is 0. The van der Waals surface area contributed by atoms with E-state index in [0.717, 1.165) is 30.6 Å². The van der Waals surface area contributed by atoms with Crippen molar-refractivity contribution in [2.45, 2.75) is 40.0 Å². The lowest BCUT2D eigenvalue weighted by Crippen LogP contribution is -2.35. The third-order valence-electron chi connectivity index (χ3n) is 4.11. The molecule has 0 atom stereocenters. The van der Waals surface area contributed by atoms with E-state index in [4.69, 9.17) is 14.7 Å². The fourth-order valence-electron chi connectivity index (χ4n) is 2.58. The van der Waals surface area contributed by atoms with Crippen molar-refractivity contribution in [3.63, 3.8) is 0 Å². The predicted molar refractivity (Wildman–Crippen MR) is 111 cm³/mol. The standard InChI is InChI=1S/C21H25N3O4S/c1-4-6-7-12-24(21-23-15(3)19(29-21)20(26)27-5-2)18(25)14-28-17-10-8-16(13-22)9-11-17/h8-11H,4-7,12,14H2,1-3H3. The Morgan fingerprint density at radius 3 is 2.55 bits per heavy atom. The molecule has 0 spiro atoms. The number of aromatic nitrogens is 1. The zero-order valence-corrected chi connectivity index (χ0v) is 17.8. The number of carbonyl (C=O) groups is 2. The van der Waals surface area contributed by atoms with Crippen LogP contribution in [-0.4, -0.2) is 36.6 Å². The second-order valence-electron chi connectivity index (χ2n) is 6.31. The van der Waals surface area contributed by atoms with Crippen molar-refractivity contribution in [1.82, 2.24) is 4.98 Å². The number of nitriles is 1. The number of thiazole rings is 1. The van der Waals surface area contributed by atoms with Crippen LogP contribution in [0, 0.1) is 18.3 Å². The molecule has 29 heavy (non-hydrogen) atoms. The van der Waals surface area contributed by atoms with Crippen molar-refractivity contribution in [2.24, 2.45) is 0 Å². The fraction of sp³-hybridized carbons (Fsp3) is 0.429. The van der Waals surface area contributed by atoms with Gasteiger partial charge in [-0.25, -0.2) is 9.78 Å². The Balaban J connectivity index is 2.13. The van der Waals surface area contributed by atoms with Gasteiger partial charge in [-0.3, -0.25) is 9.69 Å². The minimum absolute atomic E-state index is 0.161. The summed E-state index contributed by atoms with van der Waals surface area (Å²) in [6.45, 7) is 6.18. The van der Waals surface area contributed by atoms with E-state index in [1.807, 2.05) is 6.07 Å². The lowest BCUT2D eigenvalue weighted by molar-refractivity contribution is -0.120. The number of anilines is 1. The molecule has 154 valence electrons. The summed E-state index contributed by atoms with van der Waals surface area (Å²) >= 11 is 1.16. The molecule has 7 nitrogen and oxygen atoms in total. The summed E-state index contributed by atoms with van der Waals surface area (Å²) in [6, 6.07) is 8.61. The van der Waals surface area contributed by atoms with Crippen LogP contribution in [0.1, 0.15) is 54.0 Å². The number of amides is 1. The monoisotopic (exact) mass is 415 g/mol. The molecule has 1 aromatic carbocycles. The minimum Gasteiger partial charge on any atom is -0.484 e. The molecule has 0 aliphatic carbocycles. The Morgan fingerprint density at radius 1 is 1.21 bits per heavy atom. The van der Waals surface area contributed by atoms with Gasteiger partial charge >= 0.3 is 5.97 Å². The molecule has 1 aromatic heterocycles. The zero-order valence-electron chi connectivity index (χ0n) is 16.9. The Hall–Kier alpha value is -2.92. The SMILES string of the molecule is CCCCCN(C(=O)COc1ccc(C#N)cc1)c1nc(C)c(C(=O)OCC)s1. The average Bonchev–Trinajstić information content (AvgIpc) is 3.11. The lowest BCUT2D eigenvalue weighted by atomic mass is 10.2. The van der Waals surface area contributed by atoms with Gasteiger partial charge in [0.1, 0.15) is 10.6 Å². The molecule has 2 rings (SSSR count). The topological polar surface area (TPSA) is 92.5 Å². The van der Waals surface area contributed by atoms with Crippen LogP contribution in [0.25, 0.3) is 0 Å². The van der Waals surface area contributed by atoms with Crippen LogP contribution < -0.4 is 9.64 Å². The third kappa shape index (κ3) is 6.29. The molecule has 2 aromatic rings. The van der Waals surface area contributed by atoms with Gasteiger partial charge in [0, 0.05) is 6.54 Å². The summed E-state index contributed by atoms with van der Waals surface area (Å²) in [5.74, 6) is -0.161. The number of ether oxygens (including phenoxy) is 2. The first kappa shape index (κ1) is 22.4. The maximum atomic E-state index is 12.8. The highest BCUT2D eigenvalue weighted by Crippen LogP contribution is 2.27. The van der Waals surface area contributed by atoms with Crippen LogP contribution in [0.15, 0.2) is 24.3 Å². The summed E-state index contributed by atoms with van der Waals surface area (Å²) < 4.78 is 10.6. The van der Waals surface area contributed by atoms with Gasteiger partial charge in [-0.15, -0.1) is 0 Å². The van der Waals surface area contributed by atoms with Gasteiger partial charge in [0.25, 0.3) is 5.91 Å². The van der Waals surface area contributed by atoms with Crippen LogP contribution >= 0.6 is 11.3 Å². The maximum absolute atomic E-state index is 12.8. The van der Waals surface area contributed by atoms with Gasteiger partial charge in [-0.05, 0) is 44.5 Å². The fourth-order valence-corrected chi connectivity index (χ4v) is 3.58. The van der Waals surface area contributed by atoms with Gasteiger partial charge in [-0.1, -0.05) is 31.1 Å². The summed E-state index contributed by atoms with van der Waals surface area (Å²) in [5, 5.41) is 9.32. The van der Waals surface area contributed by atoms with E-state index in [1.165, 1.54) is 0 Å². The van der Waals surface area contributed by atoms with Crippen LogP contribution in [0.5, 0.6) is 5.75 Å². The van der Waals surface area contributed by atoms with E-state index in [1.54, 1.807) is 43.0 Å². The molecule has 1 amide bonds. The normalized spacial score (nSPS) is 10.3. The molecule has 0 bridgehead atoms. The number of aryl methyl sites for hydroxylation is 1. The van der Waals surface area contributed by atoms with Crippen molar-refractivity contribution in [3.8, 4) is 11.8 Å². The number of rotatable bonds is 10. The molecule has 0 aliphatic heterocycles. The molecule has 1 heterocycles. The number of benzene rings is 1. The van der Waals surface area contributed by atoms with E-state index < -0.39 is 5.97 Å². The first-order valence-corrected chi connectivity index (χ1v) is 10.4. The molecule has 8 heteroatoms. The zero-order chi connectivity index (χ0) is 21.2. The summed E-state index contributed by atoms with van der Waals surface area (Å²) in [5.41, 5.74) is 1.07. The molecule has 0 N–H and O–H groups in total. The molecule has 0 aliphatic rings. The maximum Gasteiger partial charge on any atom is 0.350 e. The van der Waals surface area contributed by atoms with Crippen LogP contribution in [-0.2, 0) is 9.53 Å². The van der Waals surface area contributed by atoms with Gasteiger partial charge < -0.3 is 9.47 Å². The van der Waals surface area contributed by atoms with Crippen molar-refractivity contribution in [2.75, 3.05) is 24.7 Å². The molecular formula is C21H25N3O4S. The number of carbonyl (C=O) groups excluding carboxylic acids is 2. The van der Waals surface area contributed by atoms with Crippen LogP contribution in [0.3, 0.4) is 0 Å². The first-order chi connectivity index (χ1) is 14.0. The van der Waals surface area contributed by atoms with E-state index >= 15 is 0 Å². The van der Waals surface area contributed by atoms with Crippen LogP contribution in [0.2, 0.25) is 0 Å². The quantitative estimate of drug-likeness (QED) is 0.428. The van der Waals surface area contributed by atoms with Crippen molar-refractivity contribution in [1.29, 1.82) is 5.26 Å². The van der Waals surface area contributed by atoms with Crippen molar-refractivity contribution in [3.05, 3.63) is 40.4 Å². The van der Waals surface area contributed by atoms with E-state index in [9.17, 15) is 9.59 Å². The van der Waals surface area contributed by atoms with E-state index in [-0.39, 0.29) is 19.1 Å². The van der Waals surface area contributed by atoms with Crippen molar-refractivity contribution < 1.29 is 19.1 Å². The van der Waals surface area contributed by atoms with Gasteiger partial charge in [-0.2, -0.15) is 5.26 Å². The molecule has 0 saturated heterocycles. The lowest BCUT2D eigenvalue weighted by Gasteiger charge is -2.20. The minimum atomic E-state index is -0.427. The first-order valence-electron chi connectivity index (χ1n) is 9.58. The molecular weight excluding hydrogens is 390 g/mol. The molecule has 0 radical (unpaired) electrons. The molecule has 0 unspecified atom stereocenters. The highest BCUT2D eigenvalue weighted by atomic mass is 32.1. The highest BCUT2D eigenvalue weighted by molar-refractivity contribution is 7.17. The van der Waals surface area contributed by atoms with E-state index in [2.05, 4.69) is 11.9 Å². The van der Waals surface area contributed by atoms with Crippen LogP contribution in [0.4, 0.5) is 5.13 Å². The Labute approximate surface area is 174 Å². The van der Waals surface area contributed by atoms with E-state index in [0.29, 0.717) is 33.6 Å². The smallest absolute Gasteiger partial charge is 0.350 e. The molecule has 0 fully saturated rings. The van der Waals surface area contributed by atoms with Gasteiger partial charge in [0.15, 0.2) is 11.7 Å².